The summed E-state index contributed by atoms with van der Waals surface area (Å²) in [4.78, 5) is 12.6. The van der Waals surface area contributed by atoms with Crippen LogP contribution in [-0.4, -0.2) is 81.8 Å². The van der Waals surface area contributed by atoms with Crippen molar-refractivity contribution in [1.82, 2.24) is 0 Å². The van der Waals surface area contributed by atoms with Crippen molar-refractivity contribution in [2.75, 3.05) is 33.2 Å². The van der Waals surface area contributed by atoms with E-state index in [1.165, 1.54) is 0 Å². The molecule has 40 heavy (non-hydrogen) atoms. The summed E-state index contributed by atoms with van der Waals surface area (Å²) in [5.41, 5.74) is -0.648. The number of aliphatic hydroxyl groups is 1. The topological polar surface area (TPSA) is 102 Å². The maximum absolute atomic E-state index is 12.6. The first-order valence-electron chi connectivity index (χ1n) is 14.7. The summed E-state index contributed by atoms with van der Waals surface area (Å²) >= 11 is 0. The molecule has 1 aromatic rings. The van der Waals surface area contributed by atoms with Crippen LogP contribution in [0.1, 0.15) is 25.8 Å². The SMILES string of the molecule is CC1(C)O[C@@H]2[C@H]3C[C@@]45OC(=O)O[C@@H]4[C@@H](CO)[C@]2(O1)[C@H]5[C@@H](COCc1ccccc1)[C@@H]3COCOCC[Si](C)(C)C. The number of ether oxygens (including phenoxy) is 7. The van der Waals surface area contributed by atoms with E-state index in [2.05, 4.69) is 19.6 Å². The van der Waals surface area contributed by atoms with Gasteiger partial charge in [0, 0.05) is 20.6 Å². The first-order valence-corrected chi connectivity index (χ1v) is 18.4. The summed E-state index contributed by atoms with van der Waals surface area (Å²) in [5.74, 6) is -1.61. The first-order chi connectivity index (χ1) is 19.0. The number of aliphatic hydroxyl groups excluding tert-OH is 1. The van der Waals surface area contributed by atoms with E-state index >= 15 is 0 Å². The minimum Gasteiger partial charge on any atom is -0.426 e. The maximum Gasteiger partial charge on any atom is 0.509 e. The molecule has 0 amide bonds. The van der Waals surface area contributed by atoms with Gasteiger partial charge in [0.2, 0.25) is 0 Å². The summed E-state index contributed by atoms with van der Waals surface area (Å²) in [6.07, 6.45) is -0.970. The van der Waals surface area contributed by atoms with E-state index in [4.69, 9.17) is 33.2 Å². The van der Waals surface area contributed by atoms with Crippen molar-refractivity contribution < 1.29 is 43.1 Å². The van der Waals surface area contributed by atoms with E-state index < -0.39 is 43.2 Å². The van der Waals surface area contributed by atoms with E-state index in [-0.39, 0.29) is 43.2 Å². The van der Waals surface area contributed by atoms with Crippen LogP contribution >= 0.6 is 0 Å². The Balaban J connectivity index is 1.28. The van der Waals surface area contributed by atoms with Crippen LogP contribution in [0.5, 0.6) is 0 Å². The quantitative estimate of drug-likeness (QED) is 0.170. The average molecular weight is 577 g/mol. The zero-order valence-corrected chi connectivity index (χ0v) is 25.3. The van der Waals surface area contributed by atoms with Crippen molar-refractivity contribution in [2.45, 2.75) is 81.8 Å². The van der Waals surface area contributed by atoms with Gasteiger partial charge in [-0.15, -0.1) is 0 Å². The molecule has 2 spiro atoms. The van der Waals surface area contributed by atoms with E-state index in [1.807, 2.05) is 44.2 Å². The molecule has 0 aromatic heterocycles. The van der Waals surface area contributed by atoms with Gasteiger partial charge in [-0.2, -0.15) is 0 Å². The fraction of sp³-hybridized carbons (Fsp3) is 0.767. The fourth-order valence-electron chi connectivity index (χ4n) is 8.48. The van der Waals surface area contributed by atoms with Crippen LogP contribution in [0.25, 0.3) is 0 Å². The second-order valence-corrected chi connectivity index (χ2v) is 19.5. The van der Waals surface area contributed by atoms with Crippen molar-refractivity contribution in [3.05, 3.63) is 35.9 Å². The summed E-state index contributed by atoms with van der Waals surface area (Å²) in [6, 6.07) is 11.2. The summed E-state index contributed by atoms with van der Waals surface area (Å²) in [6.45, 7) is 12.9. The highest BCUT2D eigenvalue weighted by Crippen LogP contribution is 2.74. The highest BCUT2D eigenvalue weighted by Gasteiger charge is 2.87. The zero-order chi connectivity index (χ0) is 28.3. The van der Waals surface area contributed by atoms with Crippen LogP contribution in [0.15, 0.2) is 30.3 Å². The lowest BCUT2D eigenvalue weighted by molar-refractivity contribution is -0.248. The van der Waals surface area contributed by atoms with E-state index in [1.54, 1.807) is 0 Å². The Morgan fingerprint density at radius 3 is 2.50 bits per heavy atom. The van der Waals surface area contributed by atoms with Gasteiger partial charge in [-0.3, -0.25) is 0 Å². The molecule has 4 saturated carbocycles. The number of carbonyl (C=O) groups excluding carboxylic acids is 1. The molecule has 6 aliphatic rings. The second-order valence-electron chi connectivity index (χ2n) is 13.9. The molecule has 2 aliphatic heterocycles. The number of hydrogen-bond donors (Lipinski definition) is 1. The lowest BCUT2D eigenvalue weighted by Crippen LogP contribution is -2.71. The van der Waals surface area contributed by atoms with Gasteiger partial charge in [-0.25, -0.2) is 4.79 Å². The Bertz CT molecular complexity index is 1080. The number of fused-ring (bicyclic) bond motifs is 1. The molecule has 9 nitrogen and oxygen atoms in total. The van der Waals surface area contributed by atoms with Crippen LogP contribution in [0.4, 0.5) is 4.79 Å². The van der Waals surface area contributed by atoms with Crippen LogP contribution in [0, 0.1) is 29.6 Å². The van der Waals surface area contributed by atoms with Crippen molar-refractivity contribution in [1.29, 1.82) is 0 Å². The van der Waals surface area contributed by atoms with Crippen molar-refractivity contribution in [3.63, 3.8) is 0 Å². The minimum absolute atomic E-state index is 0.0346. The summed E-state index contributed by atoms with van der Waals surface area (Å²) < 4.78 is 43.7. The molecule has 222 valence electrons. The van der Waals surface area contributed by atoms with Crippen molar-refractivity contribution in [2.24, 2.45) is 29.6 Å². The molecule has 10 heteroatoms. The van der Waals surface area contributed by atoms with E-state index in [0.717, 1.165) is 11.6 Å². The molecule has 7 rings (SSSR count). The molecule has 0 unspecified atom stereocenters. The van der Waals surface area contributed by atoms with Gasteiger partial charge in [0.25, 0.3) is 0 Å². The summed E-state index contributed by atoms with van der Waals surface area (Å²) in [5, 5.41) is 10.7. The monoisotopic (exact) mass is 576 g/mol. The van der Waals surface area contributed by atoms with Gasteiger partial charge >= 0.3 is 6.16 Å². The molecule has 2 saturated heterocycles. The Morgan fingerprint density at radius 1 is 1.02 bits per heavy atom. The Hall–Kier alpha value is -1.53. The van der Waals surface area contributed by atoms with Gasteiger partial charge in [0.1, 0.15) is 12.4 Å². The highest BCUT2D eigenvalue weighted by atomic mass is 28.3. The van der Waals surface area contributed by atoms with Gasteiger partial charge < -0.3 is 38.3 Å². The van der Waals surface area contributed by atoms with Crippen molar-refractivity contribution >= 4 is 14.2 Å². The van der Waals surface area contributed by atoms with Gasteiger partial charge in [-0.05, 0) is 49.6 Å². The Labute approximate surface area is 237 Å². The zero-order valence-electron chi connectivity index (χ0n) is 24.3. The first kappa shape index (κ1) is 28.6. The molecular formula is C30H44O9Si. The largest absolute Gasteiger partial charge is 0.509 e. The van der Waals surface area contributed by atoms with Gasteiger partial charge in [0.05, 0.1) is 38.4 Å². The standard InChI is InChI=1S/C30H44O9Si/c1-28(2)37-25-20-13-29-24(30(25,39-28)23(14-31)26(29)36-27(32)38-29)22(17-34-15-19-9-7-6-8-10-19)21(20)16-35-18-33-11-12-40(3,4)5/h6-10,20-26,31H,11-18H2,1-5H3/t20-,21+,22-,23+,24-,25+,26+,29-,30-/m0/s1. The molecule has 0 radical (unpaired) electrons. The number of carbonyl (C=O) groups is 1. The molecule has 1 N–H and O–H groups in total. The van der Waals surface area contributed by atoms with E-state index in [9.17, 15) is 9.90 Å². The number of rotatable bonds is 12. The molecule has 2 heterocycles. The maximum atomic E-state index is 12.6. The van der Waals surface area contributed by atoms with E-state index in [0.29, 0.717) is 32.8 Å². The third-order valence-corrected chi connectivity index (χ3v) is 11.5. The Kier molecular flexibility index (Phi) is 7.38. The van der Waals surface area contributed by atoms with Crippen LogP contribution in [0.2, 0.25) is 25.7 Å². The molecule has 1 aromatic carbocycles. The Morgan fingerprint density at radius 2 is 1.77 bits per heavy atom. The number of hydrogen-bond acceptors (Lipinski definition) is 9. The van der Waals surface area contributed by atoms with Gasteiger partial charge in [0.15, 0.2) is 17.5 Å². The second kappa shape index (κ2) is 10.3. The summed E-state index contributed by atoms with van der Waals surface area (Å²) in [7, 11) is -1.18. The number of benzene rings is 1. The highest BCUT2D eigenvalue weighted by molar-refractivity contribution is 6.76. The lowest BCUT2D eigenvalue weighted by Gasteiger charge is -2.60. The van der Waals surface area contributed by atoms with Crippen molar-refractivity contribution in [3.8, 4) is 0 Å². The third-order valence-electron chi connectivity index (χ3n) is 9.78. The molecule has 4 bridgehead atoms. The molecule has 6 fully saturated rings. The normalized spacial score (nSPS) is 40.5. The predicted molar refractivity (Wildman–Crippen MR) is 147 cm³/mol. The van der Waals surface area contributed by atoms with Gasteiger partial charge in [-0.1, -0.05) is 50.0 Å². The lowest BCUT2D eigenvalue weighted by atomic mass is 9.49. The molecule has 9 atom stereocenters. The predicted octanol–water partition coefficient (Wildman–Crippen LogP) is 4.20. The molecular weight excluding hydrogens is 532 g/mol. The van der Waals surface area contributed by atoms with Crippen LogP contribution < -0.4 is 0 Å². The average Bonchev–Trinajstić information content (AvgIpc) is 3.41. The fourth-order valence-corrected chi connectivity index (χ4v) is 9.24. The van der Waals surface area contributed by atoms with Crippen LogP contribution in [-0.2, 0) is 39.8 Å². The minimum atomic E-state index is -1.18. The smallest absolute Gasteiger partial charge is 0.426 e. The molecule has 4 aliphatic carbocycles. The third kappa shape index (κ3) is 4.64. The van der Waals surface area contributed by atoms with Crippen LogP contribution in [0.3, 0.4) is 0 Å².